The van der Waals surface area contributed by atoms with Gasteiger partial charge >= 0.3 is 0 Å². The molecule has 0 aromatic heterocycles. The quantitative estimate of drug-likeness (QED) is 0.769. The van der Waals surface area contributed by atoms with Gasteiger partial charge in [0, 0.05) is 0 Å². The van der Waals surface area contributed by atoms with Gasteiger partial charge in [0.25, 0.3) is 0 Å². The van der Waals surface area contributed by atoms with E-state index in [2.05, 4.69) is 13.8 Å². The SMILES string of the molecule is CC(C)c1cc(O)c(C=O)c(C(C)C)c1. The van der Waals surface area contributed by atoms with Gasteiger partial charge in [-0.25, -0.2) is 0 Å². The van der Waals surface area contributed by atoms with Crippen molar-refractivity contribution in [2.24, 2.45) is 0 Å². The molecule has 2 nitrogen and oxygen atoms in total. The second kappa shape index (κ2) is 4.47. The number of aldehydes is 1. The highest BCUT2D eigenvalue weighted by atomic mass is 16.3. The van der Waals surface area contributed by atoms with Crippen LogP contribution in [0.4, 0.5) is 0 Å². The number of phenolic OH excluding ortho intramolecular Hbond substituents is 1. The Kier molecular flexibility index (Phi) is 3.51. The molecule has 1 aromatic carbocycles. The zero-order valence-corrected chi connectivity index (χ0v) is 9.74. The summed E-state index contributed by atoms with van der Waals surface area (Å²) in [6, 6.07) is 3.69. The van der Waals surface area contributed by atoms with Crippen molar-refractivity contribution in [3.05, 3.63) is 28.8 Å². The van der Waals surface area contributed by atoms with E-state index in [4.69, 9.17) is 0 Å². The van der Waals surface area contributed by atoms with E-state index in [1.165, 1.54) is 0 Å². The maximum atomic E-state index is 10.9. The van der Waals surface area contributed by atoms with E-state index >= 15 is 0 Å². The predicted molar refractivity (Wildman–Crippen MR) is 61.7 cm³/mol. The third-order valence-corrected chi connectivity index (χ3v) is 2.62. The molecule has 1 aromatic rings. The number of rotatable bonds is 3. The number of phenols is 1. The van der Waals surface area contributed by atoms with Gasteiger partial charge in [-0.2, -0.15) is 0 Å². The van der Waals surface area contributed by atoms with Crippen molar-refractivity contribution < 1.29 is 9.90 Å². The number of carbonyl (C=O) groups is 1. The molecule has 0 bridgehead atoms. The van der Waals surface area contributed by atoms with E-state index in [1.807, 2.05) is 19.9 Å². The fourth-order valence-electron chi connectivity index (χ4n) is 1.62. The highest BCUT2D eigenvalue weighted by molar-refractivity contribution is 5.82. The minimum absolute atomic E-state index is 0.0971. The average molecular weight is 206 g/mol. The molecule has 1 rings (SSSR count). The van der Waals surface area contributed by atoms with Gasteiger partial charge in [-0.15, -0.1) is 0 Å². The van der Waals surface area contributed by atoms with Crippen molar-refractivity contribution >= 4 is 6.29 Å². The van der Waals surface area contributed by atoms with Crippen molar-refractivity contribution in [2.75, 3.05) is 0 Å². The number of hydrogen-bond acceptors (Lipinski definition) is 2. The summed E-state index contributed by atoms with van der Waals surface area (Å²) in [4.78, 5) is 10.9. The van der Waals surface area contributed by atoms with Crippen LogP contribution in [0.3, 0.4) is 0 Å². The second-order valence-corrected chi connectivity index (χ2v) is 4.47. The Morgan fingerprint density at radius 2 is 1.73 bits per heavy atom. The molecule has 0 saturated carbocycles. The van der Waals surface area contributed by atoms with Crippen LogP contribution in [-0.2, 0) is 0 Å². The Bertz CT molecular complexity index is 365. The molecule has 0 atom stereocenters. The zero-order valence-electron chi connectivity index (χ0n) is 9.74. The van der Waals surface area contributed by atoms with Crippen LogP contribution in [0.15, 0.2) is 12.1 Å². The third kappa shape index (κ3) is 2.38. The highest BCUT2D eigenvalue weighted by Crippen LogP contribution is 2.30. The van der Waals surface area contributed by atoms with Gasteiger partial charge in [0.1, 0.15) is 5.75 Å². The van der Waals surface area contributed by atoms with Crippen LogP contribution in [0.1, 0.15) is 61.0 Å². The molecule has 0 aliphatic carbocycles. The van der Waals surface area contributed by atoms with Gasteiger partial charge in [0.15, 0.2) is 6.29 Å². The molecule has 15 heavy (non-hydrogen) atoms. The second-order valence-electron chi connectivity index (χ2n) is 4.47. The molecule has 0 spiro atoms. The minimum atomic E-state index is 0.0971. The first-order chi connectivity index (χ1) is 6.97. The predicted octanol–water partition coefficient (Wildman–Crippen LogP) is 3.45. The van der Waals surface area contributed by atoms with Crippen LogP contribution < -0.4 is 0 Å². The largest absolute Gasteiger partial charge is 0.507 e. The van der Waals surface area contributed by atoms with Crippen molar-refractivity contribution in [3.8, 4) is 5.75 Å². The molecule has 0 fully saturated rings. The van der Waals surface area contributed by atoms with Gasteiger partial charge in [0.05, 0.1) is 5.56 Å². The van der Waals surface area contributed by atoms with Crippen molar-refractivity contribution in [1.82, 2.24) is 0 Å². The third-order valence-electron chi connectivity index (χ3n) is 2.62. The molecule has 1 N–H and O–H groups in total. The number of carbonyl (C=O) groups excluding carboxylic acids is 1. The molecule has 0 aliphatic heterocycles. The minimum Gasteiger partial charge on any atom is -0.507 e. The molecular weight excluding hydrogens is 188 g/mol. The Morgan fingerprint density at radius 1 is 1.13 bits per heavy atom. The molecule has 2 heteroatoms. The van der Waals surface area contributed by atoms with E-state index < -0.39 is 0 Å². The summed E-state index contributed by atoms with van der Waals surface area (Å²) in [5.41, 5.74) is 2.42. The Morgan fingerprint density at radius 3 is 2.13 bits per heavy atom. The average Bonchev–Trinajstić information content (AvgIpc) is 2.16. The molecule has 0 aliphatic rings. The molecule has 0 heterocycles. The Balaban J connectivity index is 3.38. The van der Waals surface area contributed by atoms with E-state index in [1.54, 1.807) is 6.07 Å². The maximum absolute atomic E-state index is 10.9. The molecular formula is C13H18O2. The van der Waals surface area contributed by atoms with Crippen molar-refractivity contribution in [3.63, 3.8) is 0 Å². The number of aromatic hydroxyl groups is 1. The Labute approximate surface area is 90.9 Å². The summed E-state index contributed by atoms with van der Waals surface area (Å²) in [6.45, 7) is 8.18. The van der Waals surface area contributed by atoms with E-state index in [0.717, 1.165) is 17.4 Å². The number of hydrogen-bond donors (Lipinski definition) is 1. The van der Waals surface area contributed by atoms with Crippen LogP contribution in [0.5, 0.6) is 5.75 Å². The normalized spacial score (nSPS) is 11.1. The molecule has 82 valence electrons. The first kappa shape index (κ1) is 11.8. The van der Waals surface area contributed by atoms with Crippen LogP contribution in [0.2, 0.25) is 0 Å². The fraction of sp³-hybridized carbons (Fsp3) is 0.462. The lowest BCUT2D eigenvalue weighted by atomic mass is 9.91. The first-order valence-corrected chi connectivity index (χ1v) is 5.29. The topological polar surface area (TPSA) is 37.3 Å². The summed E-state index contributed by atoms with van der Waals surface area (Å²) in [5.74, 6) is 0.698. The lowest BCUT2D eigenvalue weighted by molar-refractivity contribution is 0.111. The van der Waals surface area contributed by atoms with Crippen LogP contribution in [0, 0.1) is 0 Å². The van der Waals surface area contributed by atoms with Gasteiger partial charge < -0.3 is 5.11 Å². The van der Waals surface area contributed by atoms with Crippen molar-refractivity contribution in [2.45, 2.75) is 39.5 Å². The Hall–Kier alpha value is -1.31. The lowest BCUT2D eigenvalue weighted by Gasteiger charge is -2.14. The van der Waals surface area contributed by atoms with E-state index in [0.29, 0.717) is 11.5 Å². The van der Waals surface area contributed by atoms with Crippen LogP contribution in [0.25, 0.3) is 0 Å². The van der Waals surface area contributed by atoms with Crippen molar-refractivity contribution in [1.29, 1.82) is 0 Å². The van der Waals surface area contributed by atoms with Gasteiger partial charge in [-0.1, -0.05) is 33.8 Å². The summed E-state index contributed by atoms with van der Waals surface area (Å²) in [5, 5.41) is 9.74. The van der Waals surface area contributed by atoms with E-state index in [-0.39, 0.29) is 11.7 Å². The number of benzene rings is 1. The maximum Gasteiger partial charge on any atom is 0.154 e. The molecule has 0 saturated heterocycles. The monoisotopic (exact) mass is 206 g/mol. The smallest absolute Gasteiger partial charge is 0.154 e. The fourth-order valence-corrected chi connectivity index (χ4v) is 1.62. The van der Waals surface area contributed by atoms with Gasteiger partial charge in [-0.3, -0.25) is 4.79 Å². The molecule has 0 unspecified atom stereocenters. The molecule has 0 radical (unpaired) electrons. The lowest BCUT2D eigenvalue weighted by Crippen LogP contribution is -1.99. The first-order valence-electron chi connectivity index (χ1n) is 5.29. The highest BCUT2D eigenvalue weighted by Gasteiger charge is 2.13. The summed E-state index contributed by atoms with van der Waals surface area (Å²) < 4.78 is 0. The van der Waals surface area contributed by atoms with Gasteiger partial charge in [0.2, 0.25) is 0 Å². The summed E-state index contributed by atoms with van der Waals surface area (Å²) in [7, 11) is 0. The van der Waals surface area contributed by atoms with Crippen LogP contribution >= 0.6 is 0 Å². The van der Waals surface area contributed by atoms with Crippen LogP contribution in [-0.4, -0.2) is 11.4 Å². The van der Waals surface area contributed by atoms with E-state index in [9.17, 15) is 9.90 Å². The summed E-state index contributed by atoms with van der Waals surface area (Å²) >= 11 is 0. The summed E-state index contributed by atoms with van der Waals surface area (Å²) in [6.07, 6.45) is 0.731. The molecule has 0 amide bonds. The van der Waals surface area contributed by atoms with Gasteiger partial charge in [-0.05, 0) is 29.0 Å². The standard InChI is InChI=1S/C13H18O2/c1-8(2)10-5-11(9(3)4)12(7-14)13(15)6-10/h5-9,15H,1-4H3. The zero-order chi connectivity index (χ0) is 11.6.